The van der Waals surface area contributed by atoms with Crippen molar-refractivity contribution in [1.29, 1.82) is 0 Å². The molecule has 0 radical (unpaired) electrons. The van der Waals surface area contributed by atoms with E-state index in [2.05, 4.69) is 54.3 Å². The number of aromatic nitrogens is 5. The van der Waals surface area contributed by atoms with E-state index in [0.717, 1.165) is 45.4 Å². The van der Waals surface area contributed by atoms with Crippen molar-refractivity contribution >= 4 is 11.3 Å². The number of aromatic amines is 1. The molecule has 3 aromatic heterocycles. The van der Waals surface area contributed by atoms with Crippen LogP contribution >= 0.6 is 11.3 Å². The molecule has 0 amide bonds. The summed E-state index contributed by atoms with van der Waals surface area (Å²) in [5.41, 5.74) is 2.45. The molecule has 6 nitrogen and oxygen atoms in total. The van der Waals surface area contributed by atoms with Gasteiger partial charge in [0, 0.05) is 24.6 Å². The van der Waals surface area contributed by atoms with Gasteiger partial charge in [-0.1, -0.05) is 13.0 Å². The van der Waals surface area contributed by atoms with Crippen LogP contribution in [0.1, 0.15) is 43.5 Å². The van der Waals surface area contributed by atoms with Gasteiger partial charge in [0.1, 0.15) is 12.2 Å². The zero-order valence-corrected chi connectivity index (χ0v) is 15.4. The number of H-pyrrole nitrogens is 1. The molecule has 0 spiro atoms. The van der Waals surface area contributed by atoms with Crippen LogP contribution in [0.15, 0.2) is 30.0 Å². The van der Waals surface area contributed by atoms with E-state index in [1.807, 2.05) is 12.5 Å². The number of thiophene rings is 1. The molecule has 0 bridgehead atoms. The number of likely N-dealkylation sites (tertiary alicyclic amines) is 1. The standard InChI is InChI=1S/C18H24N6S/c1-2-7-24-13-20-22-18(24)14-5-8-23(9-6-14)12-15-11-19-21-17(15)16-4-3-10-25-16/h3-4,10-11,13-14H,2,5-9,12H2,1H3,(H,19,21). The molecule has 3 aromatic rings. The predicted octanol–water partition coefficient (Wildman–Crippen LogP) is 3.52. The molecule has 1 saturated heterocycles. The third kappa shape index (κ3) is 3.52. The zero-order chi connectivity index (χ0) is 17.1. The molecule has 4 heterocycles. The smallest absolute Gasteiger partial charge is 0.136 e. The minimum absolute atomic E-state index is 0.534. The second kappa shape index (κ2) is 7.49. The summed E-state index contributed by atoms with van der Waals surface area (Å²) in [5, 5.41) is 18.0. The highest BCUT2D eigenvalue weighted by molar-refractivity contribution is 7.13. The van der Waals surface area contributed by atoms with Crippen LogP contribution in [-0.2, 0) is 13.1 Å². The fraction of sp³-hybridized carbons (Fsp3) is 0.500. The van der Waals surface area contributed by atoms with Gasteiger partial charge in [-0.3, -0.25) is 10.00 Å². The summed E-state index contributed by atoms with van der Waals surface area (Å²) in [6.07, 6.45) is 7.27. The first kappa shape index (κ1) is 16.5. The first-order valence-electron chi connectivity index (χ1n) is 9.01. The van der Waals surface area contributed by atoms with Crippen molar-refractivity contribution in [3.8, 4) is 10.6 Å². The van der Waals surface area contributed by atoms with Gasteiger partial charge in [-0.25, -0.2) is 0 Å². The van der Waals surface area contributed by atoms with Gasteiger partial charge < -0.3 is 4.57 Å². The Balaban J connectivity index is 1.38. The van der Waals surface area contributed by atoms with Crippen molar-refractivity contribution < 1.29 is 0 Å². The largest absolute Gasteiger partial charge is 0.317 e. The molecule has 0 aromatic carbocycles. The lowest BCUT2D eigenvalue weighted by Gasteiger charge is -2.31. The highest BCUT2D eigenvalue weighted by atomic mass is 32.1. The van der Waals surface area contributed by atoms with Gasteiger partial charge in [0.05, 0.1) is 16.8 Å². The molecule has 1 N–H and O–H groups in total. The maximum atomic E-state index is 4.39. The topological polar surface area (TPSA) is 62.6 Å². The van der Waals surface area contributed by atoms with Crippen molar-refractivity contribution in [3.63, 3.8) is 0 Å². The number of rotatable bonds is 6. The third-order valence-corrected chi connectivity index (χ3v) is 5.83. The minimum Gasteiger partial charge on any atom is -0.317 e. The average Bonchev–Trinajstić information content (AvgIpc) is 3.37. The number of nitrogens with zero attached hydrogens (tertiary/aromatic N) is 5. The predicted molar refractivity (Wildman–Crippen MR) is 99.5 cm³/mol. The van der Waals surface area contributed by atoms with Crippen molar-refractivity contribution in [2.75, 3.05) is 13.1 Å². The van der Waals surface area contributed by atoms with Crippen molar-refractivity contribution in [1.82, 2.24) is 29.9 Å². The lowest BCUT2D eigenvalue weighted by atomic mass is 9.95. The van der Waals surface area contributed by atoms with Crippen LogP contribution in [0, 0.1) is 0 Å². The minimum atomic E-state index is 0.534. The summed E-state index contributed by atoms with van der Waals surface area (Å²) in [4.78, 5) is 3.79. The molecular weight excluding hydrogens is 332 g/mol. The molecule has 4 rings (SSSR count). The Labute approximate surface area is 151 Å². The third-order valence-electron chi connectivity index (χ3n) is 4.94. The Morgan fingerprint density at radius 2 is 2.20 bits per heavy atom. The number of hydrogen-bond acceptors (Lipinski definition) is 5. The molecule has 0 aliphatic carbocycles. The van der Waals surface area contributed by atoms with E-state index < -0.39 is 0 Å². The van der Waals surface area contributed by atoms with Gasteiger partial charge in [0.15, 0.2) is 0 Å². The van der Waals surface area contributed by atoms with E-state index in [9.17, 15) is 0 Å². The summed E-state index contributed by atoms with van der Waals surface area (Å²) in [6.45, 7) is 6.36. The van der Waals surface area contributed by atoms with Gasteiger partial charge in [0.25, 0.3) is 0 Å². The maximum Gasteiger partial charge on any atom is 0.136 e. The lowest BCUT2D eigenvalue weighted by molar-refractivity contribution is 0.200. The molecule has 1 aliphatic heterocycles. The van der Waals surface area contributed by atoms with Crippen molar-refractivity contribution in [2.45, 2.75) is 45.2 Å². The van der Waals surface area contributed by atoms with Crippen molar-refractivity contribution in [3.05, 3.63) is 41.4 Å². The summed E-state index contributed by atoms with van der Waals surface area (Å²) >= 11 is 1.75. The molecule has 0 atom stereocenters. The lowest BCUT2D eigenvalue weighted by Crippen LogP contribution is -2.33. The highest BCUT2D eigenvalue weighted by Gasteiger charge is 2.25. The Hall–Kier alpha value is -1.99. The quantitative estimate of drug-likeness (QED) is 0.734. The monoisotopic (exact) mass is 356 g/mol. The van der Waals surface area contributed by atoms with Gasteiger partial charge in [-0.15, -0.1) is 21.5 Å². The number of hydrogen-bond donors (Lipinski definition) is 1. The van der Waals surface area contributed by atoms with Crippen LogP contribution in [0.4, 0.5) is 0 Å². The van der Waals surface area contributed by atoms with E-state index in [1.54, 1.807) is 11.3 Å². The van der Waals surface area contributed by atoms with Crippen LogP contribution in [0.2, 0.25) is 0 Å². The average molecular weight is 356 g/mol. The van der Waals surface area contributed by atoms with Gasteiger partial charge in [-0.2, -0.15) is 5.10 Å². The fourth-order valence-electron chi connectivity index (χ4n) is 3.65. The molecule has 7 heteroatoms. The Morgan fingerprint density at radius 1 is 1.32 bits per heavy atom. The molecule has 0 unspecified atom stereocenters. The highest BCUT2D eigenvalue weighted by Crippen LogP contribution is 2.30. The number of piperidine rings is 1. The van der Waals surface area contributed by atoms with Crippen LogP contribution in [0.3, 0.4) is 0 Å². The summed E-state index contributed by atoms with van der Waals surface area (Å²) in [6, 6.07) is 4.23. The van der Waals surface area contributed by atoms with Crippen LogP contribution < -0.4 is 0 Å². The van der Waals surface area contributed by atoms with E-state index in [-0.39, 0.29) is 0 Å². The van der Waals surface area contributed by atoms with Crippen molar-refractivity contribution in [2.24, 2.45) is 0 Å². The first-order chi connectivity index (χ1) is 12.3. The summed E-state index contributed by atoms with van der Waals surface area (Å²) in [5.74, 6) is 1.70. The normalized spacial score (nSPS) is 16.5. The molecule has 132 valence electrons. The van der Waals surface area contributed by atoms with Crippen LogP contribution in [0.5, 0.6) is 0 Å². The fourth-order valence-corrected chi connectivity index (χ4v) is 4.40. The van der Waals surface area contributed by atoms with E-state index >= 15 is 0 Å². The SMILES string of the molecule is CCCn1cnnc1C1CCN(Cc2cn[nH]c2-c2cccs2)CC1. The molecule has 25 heavy (non-hydrogen) atoms. The summed E-state index contributed by atoms with van der Waals surface area (Å²) < 4.78 is 2.23. The Morgan fingerprint density at radius 3 is 2.96 bits per heavy atom. The van der Waals surface area contributed by atoms with Crippen LogP contribution in [0.25, 0.3) is 10.6 Å². The van der Waals surface area contributed by atoms with E-state index in [1.165, 1.54) is 22.0 Å². The molecule has 0 saturated carbocycles. The molecule has 1 aliphatic rings. The van der Waals surface area contributed by atoms with E-state index in [0.29, 0.717) is 5.92 Å². The Kier molecular flexibility index (Phi) is 4.94. The second-order valence-electron chi connectivity index (χ2n) is 6.68. The first-order valence-corrected chi connectivity index (χ1v) is 9.89. The van der Waals surface area contributed by atoms with E-state index in [4.69, 9.17) is 0 Å². The number of aryl methyl sites for hydroxylation is 1. The Bertz CT molecular complexity index is 782. The molecular formula is C18H24N6S. The van der Waals surface area contributed by atoms with Gasteiger partial charge >= 0.3 is 0 Å². The maximum absolute atomic E-state index is 4.39. The second-order valence-corrected chi connectivity index (χ2v) is 7.63. The van der Waals surface area contributed by atoms with Gasteiger partial charge in [0.2, 0.25) is 0 Å². The number of nitrogens with one attached hydrogen (secondary N) is 1. The van der Waals surface area contributed by atoms with Gasteiger partial charge in [-0.05, 0) is 43.8 Å². The molecule has 1 fully saturated rings. The van der Waals surface area contributed by atoms with Crippen LogP contribution in [-0.4, -0.2) is 43.0 Å². The zero-order valence-electron chi connectivity index (χ0n) is 14.6. The summed E-state index contributed by atoms with van der Waals surface area (Å²) in [7, 11) is 0.